The summed E-state index contributed by atoms with van der Waals surface area (Å²) in [6.07, 6.45) is 9.06. The van der Waals surface area contributed by atoms with E-state index < -0.39 is 0 Å². The van der Waals surface area contributed by atoms with Gasteiger partial charge in [0.2, 0.25) is 0 Å². The second kappa shape index (κ2) is 5.69. The molecule has 0 spiro atoms. The zero-order chi connectivity index (χ0) is 11.3. The van der Waals surface area contributed by atoms with E-state index in [2.05, 4.69) is 38.7 Å². The Morgan fingerprint density at radius 2 is 1.93 bits per heavy atom. The van der Waals surface area contributed by atoms with Crippen molar-refractivity contribution in [2.75, 3.05) is 6.54 Å². The van der Waals surface area contributed by atoms with E-state index in [4.69, 9.17) is 0 Å². The van der Waals surface area contributed by atoms with Crippen LogP contribution in [0.1, 0.15) is 52.9 Å². The summed E-state index contributed by atoms with van der Waals surface area (Å²) in [7, 11) is 0. The Morgan fingerprint density at radius 1 is 1.33 bits per heavy atom. The Bertz CT molecular complexity index is 190. The molecule has 1 rings (SSSR count). The number of hydrogen-bond acceptors (Lipinski definition) is 1. The first-order chi connectivity index (χ1) is 7.14. The van der Waals surface area contributed by atoms with E-state index in [1.54, 1.807) is 0 Å². The molecule has 88 valence electrons. The summed E-state index contributed by atoms with van der Waals surface area (Å²) in [4.78, 5) is 0. The zero-order valence-electron chi connectivity index (χ0n) is 10.7. The van der Waals surface area contributed by atoms with Crippen molar-refractivity contribution in [1.82, 2.24) is 5.32 Å². The predicted molar refractivity (Wildman–Crippen MR) is 68.0 cm³/mol. The molecule has 0 saturated heterocycles. The lowest BCUT2D eigenvalue weighted by Crippen LogP contribution is -2.43. The zero-order valence-corrected chi connectivity index (χ0v) is 10.7. The van der Waals surface area contributed by atoms with Crippen molar-refractivity contribution in [2.24, 2.45) is 11.3 Å². The second-order valence-electron chi connectivity index (χ2n) is 5.44. The number of likely N-dealkylation sites (N-methyl/N-ethyl adjacent to an activating group) is 1. The van der Waals surface area contributed by atoms with Gasteiger partial charge in [-0.1, -0.05) is 39.7 Å². The molecule has 0 amide bonds. The summed E-state index contributed by atoms with van der Waals surface area (Å²) < 4.78 is 0. The van der Waals surface area contributed by atoms with Crippen LogP contribution in [0.3, 0.4) is 0 Å². The van der Waals surface area contributed by atoms with Gasteiger partial charge in [-0.15, -0.1) is 6.58 Å². The lowest BCUT2D eigenvalue weighted by Gasteiger charge is -2.38. The van der Waals surface area contributed by atoms with E-state index in [-0.39, 0.29) is 0 Å². The predicted octanol–water partition coefficient (Wildman–Crippen LogP) is 3.76. The van der Waals surface area contributed by atoms with Gasteiger partial charge in [0.25, 0.3) is 0 Å². The first kappa shape index (κ1) is 12.8. The summed E-state index contributed by atoms with van der Waals surface area (Å²) in [6.45, 7) is 11.9. The van der Waals surface area contributed by atoms with Crippen LogP contribution in [0.15, 0.2) is 12.7 Å². The molecular formula is C14H27N. The quantitative estimate of drug-likeness (QED) is 0.657. The maximum Gasteiger partial charge on any atom is 0.0304 e. The Hall–Kier alpha value is -0.300. The molecule has 0 aromatic heterocycles. The summed E-state index contributed by atoms with van der Waals surface area (Å²) in [5.41, 5.74) is 0.506. The number of rotatable bonds is 6. The fourth-order valence-electron chi connectivity index (χ4n) is 3.30. The van der Waals surface area contributed by atoms with E-state index in [1.165, 1.54) is 32.1 Å². The van der Waals surface area contributed by atoms with Crippen LogP contribution < -0.4 is 5.32 Å². The minimum absolute atomic E-state index is 0.506. The summed E-state index contributed by atoms with van der Waals surface area (Å²) in [6, 6.07) is 0.521. The Balaban J connectivity index is 2.73. The van der Waals surface area contributed by atoms with E-state index in [0.717, 1.165) is 12.5 Å². The molecule has 1 unspecified atom stereocenters. The van der Waals surface area contributed by atoms with Gasteiger partial charge < -0.3 is 5.32 Å². The highest BCUT2D eigenvalue weighted by molar-refractivity contribution is 5.03. The van der Waals surface area contributed by atoms with E-state index in [0.29, 0.717) is 11.5 Å². The third-order valence-electron chi connectivity index (χ3n) is 3.73. The molecule has 1 aliphatic rings. The topological polar surface area (TPSA) is 12.0 Å². The third kappa shape index (κ3) is 3.07. The minimum atomic E-state index is 0.506. The molecule has 0 radical (unpaired) electrons. The fourth-order valence-corrected chi connectivity index (χ4v) is 3.30. The van der Waals surface area contributed by atoms with Crippen LogP contribution in [0.4, 0.5) is 0 Å². The highest BCUT2D eigenvalue weighted by Crippen LogP contribution is 2.46. The highest BCUT2D eigenvalue weighted by Gasteiger charge is 2.39. The molecule has 15 heavy (non-hydrogen) atoms. The van der Waals surface area contributed by atoms with Crippen LogP contribution in [0.25, 0.3) is 0 Å². The molecular weight excluding hydrogens is 182 g/mol. The minimum Gasteiger partial charge on any atom is -0.310 e. The molecule has 0 bridgehead atoms. The third-order valence-corrected chi connectivity index (χ3v) is 3.73. The van der Waals surface area contributed by atoms with Crippen LogP contribution in [-0.2, 0) is 0 Å². The molecule has 1 N–H and O–H groups in total. The molecule has 1 heteroatoms. The molecule has 1 nitrogen and oxygen atoms in total. The molecule has 1 saturated carbocycles. The average Bonchev–Trinajstić information content (AvgIpc) is 2.62. The normalized spacial score (nSPS) is 21.9. The summed E-state index contributed by atoms with van der Waals surface area (Å²) >= 11 is 0. The fraction of sp³-hybridized carbons (Fsp3) is 0.857. The van der Waals surface area contributed by atoms with Crippen molar-refractivity contribution in [2.45, 2.75) is 58.9 Å². The average molecular weight is 209 g/mol. The highest BCUT2D eigenvalue weighted by atomic mass is 14.9. The van der Waals surface area contributed by atoms with E-state index in [1.807, 2.05) is 0 Å². The largest absolute Gasteiger partial charge is 0.310 e. The Labute approximate surface area is 95.3 Å². The molecule has 0 aliphatic heterocycles. The van der Waals surface area contributed by atoms with Crippen LogP contribution in [-0.4, -0.2) is 12.6 Å². The van der Waals surface area contributed by atoms with Gasteiger partial charge in [0.05, 0.1) is 0 Å². The number of hydrogen-bond donors (Lipinski definition) is 1. The van der Waals surface area contributed by atoms with Crippen LogP contribution in [0.5, 0.6) is 0 Å². The second-order valence-corrected chi connectivity index (χ2v) is 5.44. The van der Waals surface area contributed by atoms with Gasteiger partial charge in [0, 0.05) is 6.04 Å². The molecule has 0 aromatic rings. The van der Waals surface area contributed by atoms with Gasteiger partial charge in [0.15, 0.2) is 0 Å². The number of nitrogens with one attached hydrogen (secondary N) is 1. The maximum absolute atomic E-state index is 4.01. The molecule has 1 aliphatic carbocycles. The van der Waals surface area contributed by atoms with Gasteiger partial charge in [0.1, 0.15) is 0 Å². The molecule has 0 aromatic carbocycles. The van der Waals surface area contributed by atoms with Crippen LogP contribution >= 0.6 is 0 Å². The van der Waals surface area contributed by atoms with Crippen molar-refractivity contribution in [3.63, 3.8) is 0 Å². The molecule has 0 heterocycles. The van der Waals surface area contributed by atoms with E-state index in [9.17, 15) is 0 Å². The van der Waals surface area contributed by atoms with Crippen molar-refractivity contribution in [3.8, 4) is 0 Å². The lowest BCUT2D eigenvalue weighted by atomic mass is 9.72. The Kier molecular flexibility index (Phi) is 4.85. The van der Waals surface area contributed by atoms with Gasteiger partial charge in [-0.05, 0) is 37.1 Å². The van der Waals surface area contributed by atoms with Crippen molar-refractivity contribution < 1.29 is 0 Å². The first-order valence-electron chi connectivity index (χ1n) is 6.50. The van der Waals surface area contributed by atoms with Gasteiger partial charge >= 0.3 is 0 Å². The van der Waals surface area contributed by atoms with Crippen molar-refractivity contribution in [1.29, 1.82) is 0 Å². The monoisotopic (exact) mass is 209 g/mol. The van der Waals surface area contributed by atoms with Crippen molar-refractivity contribution >= 4 is 0 Å². The first-order valence-corrected chi connectivity index (χ1v) is 6.50. The standard InChI is InChI=1S/C14H27N/c1-5-13(15-6-2)14(11-12(3)4)9-7-8-10-14/h5,12-13,15H,1,6-11H2,2-4H3. The summed E-state index contributed by atoms with van der Waals surface area (Å²) in [5.74, 6) is 0.796. The molecule has 1 fully saturated rings. The van der Waals surface area contributed by atoms with Crippen LogP contribution in [0, 0.1) is 11.3 Å². The van der Waals surface area contributed by atoms with Gasteiger partial charge in [-0.25, -0.2) is 0 Å². The van der Waals surface area contributed by atoms with Crippen LogP contribution in [0.2, 0.25) is 0 Å². The van der Waals surface area contributed by atoms with Gasteiger partial charge in [-0.3, -0.25) is 0 Å². The summed E-state index contributed by atoms with van der Waals surface area (Å²) in [5, 5.41) is 3.60. The molecule has 1 atom stereocenters. The Morgan fingerprint density at radius 3 is 2.33 bits per heavy atom. The lowest BCUT2D eigenvalue weighted by molar-refractivity contribution is 0.184. The van der Waals surface area contributed by atoms with E-state index >= 15 is 0 Å². The van der Waals surface area contributed by atoms with Crippen molar-refractivity contribution in [3.05, 3.63) is 12.7 Å². The SMILES string of the molecule is C=CC(NCC)C1(CC(C)C)CCCC1. The van der Waals surface area contributed by atoms with Gasteiger partial charge in [-0.2, -0.15) is 0 Å². The maximum atomic E-state index is 4.01. The smallest absolute Gasteiger partial charge is 0.0304 e.